The fourth-order valence-corrected chi connectivity index (χ4v) is 2.74. The summed E-state index contributed by atoms with van der Waals surface area (Å²) in [5.74, 6) is 0. The molecular formula is C18H21Cl2N. The van der Waals surface area contributed by atoms with Crippen LogP contribution >= 0.6 is 23.2 Å². The smallest absolute Gasteiger partial charge is 0.0454 e. The van der Waals surface area contributed by atoms with Crippen LogP contribution in [0.2, 0.25) is 10.0 Å². The van der Waals surface area contributed by atoms with E-state index in [2.05, 4.69) is 45.0 Å². The maximum Gasteiger partial charge on any atom is 0.0454 e. The highest BCUT2D eigenvalue weighted by molar-refractivity contribution is 6.33. The highest BCUT2D eigenvalue weighted by atomic mass is 35.5. The topological polar surface area (TPSA) is 26.0 Å². The van der Waals surface area contributed by atoms with Crippen molar-refractivity contribution in [1.82, 2.24) is 0 Å². The molecule has 1 atom stereocenters. The molecule has 0 amide bonds. The van der Waals surface area contributed by atoms with E-state index in [0.717, 1.165) is 12.0 Å². The molecule has 2 N–H and O–H groups in total. The Morgan fingerprint density at radius 3 is 2.19 bits per heavy atom. The summed E-state index contributed by atoms with van der Waals surface area (Å²) in [6, 6.07) is 13.9. The van der Waals surface area contributed by atoms with E-state index in [9.17, 15) is 0 Å². The van der Waals surface area contributed by atoms with Crippen molar-refractivity contribution in [1.29, 1.82) is 0 Å². The molecule has 0 bridgehead atoms. The number of halogens is 2. The fraction of sp³-hybridized carbons (Fsp3) is 0.333. The second kappa shape index (κ2) is 6.39. The molecular weight excluding hydrogens is 301 g/mol. The molecule has 0 aromatic heterocycles. The summed E-state index contributed by atoms with van der Waals surface area (Å²) in [4.78, 5) is 0. The van der Waals surface area contributed by atoms with Gasteiger partial charge in [-0.05, 0) is 46.7 Å². The monoisotopic (exact) mass is 321 g/mol. The molecule has 21 heavy (non-hydrogen) atoms. The van der Waals surface area contributed by atoms with Crippen LogP contribution in [0.15, 0.2) is 42.5 Å². The van der Waals surface area contributed by atoms with Crippen molar-refractivity contribution in [2.24, 2.45) is 5.73 Å². The Kier molecular flexibility index (Phi) is 4.98. The average Bonchev–Trinajstić information content (AvgIpc) is 2.41. The van der Waals surface area contributed by atoms with Crippen LogP contribution in [-0.4, -0.2) is 0 Å². The molecule has 1 unspecified atom stereocenters. The van der Waals surface area contributed by atoms with E-state index in [-0.39, 0.29) is 11.5 Å². The Bertz CT molecular complexity index is 612. The highest BCUT2D eigenvalue weighted by Gasteiger charge is 2.15. The number of hydrogen-bond donors (Lipinski definition) is 1. The maximum atomic E-state index is 6.28. The average molecular weight is 322 g/mol. The molecule has 2 aromatic carbocycles. The van der Waals surface area contributed by atoms with Crippen LogP contribution in [0.25, 0.3) is 0 Å². The minimum Gasteiger partial charge on any atom is -0.324 e. The van der Waals surface area contributed by atoms with Crippen molar-refractivity contribution in [3.05, 3.63) is 69.2 Å². The van der Waals surface area contributed by atoms with E-state index in [4.69, 9.17) is 28.9 Å². The summed E-state index contributed by atoms with van der Waals surface area (Å²) in [5.41, 5.74) is 9.85. The van der Waals surface area contributed by atoms with Crippen LogP contribution in [0.3, 0.4) is 0 Å². The van der Waals surface area contributed by atoms with E-state index >= 15 is 0 Å². The van der Waals surface area contributed by atoms with Gasteiger partial charge in [-0.1, -0.05) is 68.2 Å². The predicted molar refractivity (Wildman–Crippen MR) is 92.2 cm³/mol. The SMILES string of the molecule is CC(C)(C)c1ccc(CC(N)c2cc(Cl)ccc2Cl)cc1. The summed E-state index contributed by atoms with van der Waals surface area (Å²) in [6.45, 7) is 6.62. The molecule has 112 valence electrons. The van der Waals surface area contributed by atoms with Crippen molar-refractivity contribution >= 4 is 23.2 Å². The van der Waals surface area contributed by atoms with Crippen LogP contribution in [-0.2, 0) is 11.8 Å². The Balaban J connectivity index is 2.16. The molecule has 0 saturated heterocycles. The Morgan fingerprint density at radius 1 is 1.00 bits per heavy atom. The molecule has 0 aliphatic rings. The van der Waals surface area contributed by atoms with Crippen molar-refractivity contribution in [3.63, 3.8) is 0 Å². The van der Waals surface area contributed by atoms with Gasteiger partial charge in [0.1, 0.15) is 0 Å². The molecule has 0 heterocycles. The number of rotatable bonds is 3. The zero-order chi connectivity index (χ0) is 15.6. The molecule has 2 aromatic rings. The van der Waals surface area contributed by atoms with Gasteiger partial charge in [-0.25, -0.2) is 0 Å². The third kappa shape index (κ3) is 4.23. The van der Waals surface area contributed by atoms with Crippen LogP contribution in [0.4, 0.5) is 0 Å². The van der Waals surface area contributed by atoms with E-state index in [1.54, 1.807) is 12.1 Å². The Labute approximate surface area is 137 Å². The van der Waals surface area contributed by atoms with Crippen molar-refractivity contribution in [2.75, 3.05) is 0 Å². The lowest BCUT2D eigenvalue weighted by molar-refractivity contribution is 0.589. The summed E-state index contributed by atoms with van der Waals surface area (Å²) in [5, 5.41) is 1.33. The molecule has 0 radical (unpaired) electrons. The minimum atomic E-state index is -0.156. The van der Waals surface area contributed by atoms with Crippen molar-refractivity contribution in [2.45, 2.75) is 38.6 Å². The quantitative estimate of drug-likeness (QED) is 0.789. The first-order chi connectivity index (χ1) is 9.77. The standard InChI is InChI=1S/C18H21Cl2N/c1-18(2,3)13-6-4-12(5-7-13)10-17(21)15-11-14(19)8-9-16(15)20/h4-9,11,17H,10,21H2,1-3H3. The third-order valence-electron chi connectivity index (χ3n) is 3.63. The van der Waals surface area contributed by atoms with Gasteiger partial charge in [0.2, 0.25) is 0 Å². The number of hydrogen-bond acceptors (Lipinski definition) is 1. The maximum absolute atomic E-state index is 6.28. The van der Waals surface area contributed by atoms with E-state index in [1.807, 2.05) is 6.07 Å². The lowest BCUT2D eigenvalue weighted by atomic mass is 9.86. The molecule has 0 spiro atoms. The summed E-state index contributed by atoms with van der Waals surface area (Å²) < 4.78 is 0. The van der Waals surface area contributed by atoms with Gasteiger partial charge in [0.15, 0.2) is 0 Å². The van der Waals surface area contributed by atoms with Crippen LogP contribution in [0, 0.1) is 0 Å². The minimum absolute atomic E-state index is 0.156. The Hall–Kier alpha value is -1.02. The van der Waals surface area contributed by atoms with Gasteiger partial charge in [0, 0.05) is 16.1 Å². The van der Waals surface area contributed by atoms with Crippen molar-refractivity contribution in [3.8, 4) is 0 Å². The first-order valence-corrected chi connectivity index (χ1v) is 7.83. The molecule has 3 heteroatoms. The van der Waals surface area contributed by atoms with Gasteiger partial charge in [-0.3, -0.25) is 0 Å². The van der Waals surface area contributed by atoms with Gasteiger partial charge < -0.3 is 5.73 Å². The second-order valence-electron chi connectivity index (χ2n) is 6.42. The third-order valence-corrected chi connectivity index (χ3v) is 4.21. The van der Waals surface area contributed by atoms with Gasteiger partial charge in [0.25, 0.3) is 0 Å². The van der Waals surface area contributed by atoms with Crippen molar-refractivity contribution < 1.29 is 0 Å². The predicted octanol–water partition coefficient (Wildman–Crippen LogP) is 5.53. The largest absolute Gasteiger partial charge is 0.324 e. The molecule has 0 aliphatic carbocycles. The molecule has 2 rings (SSSR count). The zero-order valence-electron chi connectivity index (χ0n) is 12.7. The van der Waals surface area contributed by atoms with Gasteiger partial charge in [-0.2, -0.15) is 0 Å². The van der Waals surface area contributed by atoms with Gasteiger partial charge in [-0.15, -0.1) is 0 Å². The number of nitrogens with two attached hydrogens (primary N) is 1. The molecule has 0 fully saturated rings. The van der Waals surface area contributed by atoms with E-state index in [0.29, 0.717) is 10.0 Å². The summed E-state index contributed by atoms with van der Waals surface area (Å²) >= 11 is 12.2. The summed E-state index contributed by atoms with van der Waals surface area (Å²) in [7, 11) is 0. The normalized spacial score (nSPS) is 13.2. The van der Waals surface area contributed by atoms with Crippen LogP contribution in [0.1, 0.15) is 43.5 Å². The van der Waals surface area contributed by atoms with Gasteiger partial charge in [0.05, 0.1) is 0 Å². The first kappa shape index (κ1) is 16.4. The molecule has 1 nitrogen and oxygen atoms in total. The zero-order valence-corrected chi connectivity index (χ0v) is 14.2. The second-order valence-corrected chi connectivity index (χ2v) is 7.27. The van der Waals surface area contributed by atoms with E-state index in [1.165, 1.54) is 11.1 Å². The molecule has 0 aliphatic heterocycles. The highest BCUT2D eigenvalue weighted by Crippen LogP contribution is 2.28. The lowest BCUT2D eigenvalue weighted by Gasteiger charge is -2.20. The molecule has 0 saturated carbocycles. The fourth-order valence-electron chi connectivity index (χ4n) is 2.30. The number of benzene rings is 2. The lowest BCUT2D eigenvalue weighted by Crippen LogP contribution is -2.14. The summed E-state index contributed by atoms with van der Waals surface area (Å²) in [6.07, 6.45) is 0.741. The van der Waals surface area contributed by atoms with Gasteiger partial charge >= 0.3 is 0 Å². The van der Waals surface area contributed by atoms with E-state index < -0.39 is 0 Å². The Morgan fingerprint density at radius 2 is 1.62 bits per heavy atom. The van der Waals surface area contributed by atoms with Crippen LogP contribution < -0.4 is 5.73 Å². The van der Waals surface area contributed by atoms with Crippen LogP contribution in [0.5, 0.6) is 0 Å². The first-order valence-electron chi connectivity index (χ1n) is 7.07.